The SMILES string of the molecule is Nc1cc2ccc1C(F)(F)C(F)(F)c1ccc(c([N+](=O)[O-])c1)C(F)(F)C2(F)F. The van der Waals surface area contributed by atoms with Gasteiger partial charge in [0, 0.05) is 22.9 Å². The number of nitro benzene ring substituents is 1. The fraction of sp³-hybridized carbons (Fsp3) is 0.250. The third-order valence-electron chi connectivity index (χ3n) is 4.44. The normalized spacial score (nSPS) is 21.0. The van der Waals surface area contributed by atoms with Gasteiger partial charge in [-0.25, -0.2) is 0 Å². The van der Waals surface area contributed by atoms with Crippen molar-refractivity contribution in [3.63, 3.8) is 0 Å². The van der Waals surface area contributed by atoms with E-state index in [9.17, 15) is 45.2 Å². The molecule has 0 atom stereocenters. The molecule has 0 unspecified atom stereocenters. The zero-order valence-electron chi connectivity index (χ0n) is 13.3. The summed E-state index contributed by atoms with van der Waals surface area (Å²) >= 11 is 0. The van der Waals surface area contributed by atoms with E-state index in [1.807, 2.05) is 0 Å². The lowest BCUT2D eigenvalue weighted by atomic mass is 9.87. The van der Waals surface area contributed by atoms with E-state index in [0.29, 0.717) is 0 Å². The molecule has 4 nitrogen and oxygen atoms in total. The Morgan fingerprint density at radius 3 is 1.61 bits per heavy atom. The minimum Gasteiger partial charge on any atom is -0.398 e. The highest BCUT2D eigenvalue weighted by Gasteiger charge is 2.64. The number of rotatable bonds is 1. The largest absolute Gasteiger partial charge is 0.398 e. The minimum absolute atomic E-state index is 0.0182. The lowest BCUT2D eigenvalue weighted by Crippen LogP contribution is -2.39. The van der Waals surface area contributed by atoms with E-state index in [1.54, 1.807) is 0 Å². The smallest absolute Gasteiger partial charge is 0.346 e. The Bertz CT molecular complexity index is 991. The van der Waals surface area contributed by atoms with Gasteiger partial charge in [0.05, 0.1) is 10.5 Å². The fourth-order valence-electron chi connectivity index (χ4n) is 2.89. The second kappa shape index (κ2) is 5.55. The molecule has 150 valence electrons. The van der Waals surface area contributed by atoms with Gasteiger partial charge in [-0.1, -0.05) is 18.2 Å². The Balaban J connectivity index is 2.50. The second-order valence-corrected chi connectivity index (χ2v) is 6.09. The summed E-state index contributed by atoms with van der Waals surface area (Å²) in [7, 11) is 0. The van der Waals surface area contributed by atoms with Gasteiger partial charge in [-0.3, -0.25) is 10.1 Å². The van der Waals surface area contributed by atoms with Gasteiger partial charge in [-0.05, 0) is 12.1 Å². The number of nitrogens with two attached hydrogens (primary N) is 1. The number of alkyl halides is 8. The molecule has 0 amide bonds. The van der Waals surface area contributed by atoms with Crippen LogP contribution in [0.4, 0.5) is 46.5 Å². The fourth-order valence-corrected chi connectivity index (χ4v) is 2.89. The molecule has 0 heterocycles. The van der Waals surface area contributed by atoms with E-state index in [1.165, 1.54) is 0 Å². The van der Waals surface area contributed by atoms with E-state index >= 15 is 0 Å². The molecule has 0 aliphatic heterocycles. The third kappa shape index (κ3) is 2.36. The molecule has 0 spiro atoms. The number of hydrogen-bond donors (Lipinski definition) is 1. The van der Waals surface area contributed by atoms with Crippen molar-refractivity contribution in [1.29, 1.82) is 0 Å². The third-order valence-corrected chi connectivity index (χ3v) is 4.44. The number of nitrogen functional groups attached to an aromatic ring is 1. The second-order valence-electron chi connectivity index (χ2n) is 6.09. The molecule has 4 aliphatic rings. The topological polar surface area (TPSA) is 69.2 Å². The summed E-state index contributed by atoms with van der Waals surface area (Å²) in [5, 5.41) is 11.0. The highest BCUT2D eigenvalue weighted by Crippen LogP contribution is 2.56. The molecule has 0 aromatic heterocycles. The van der Waals surface area contributed by atoms with Crippen LogP contribution < -0.4 is 5.73 Å². The number of halogens is 8. The maximum absolute atomic E-state index is 14.5. The first-order chi connectivity index (χ1) is 12.7. The van der Waals surface area contributed by atoms with Crippen molar-refractivity contribution in [2.75, 3.05) is 5.73 Å². The Kier molecular flexibility index (Phi) is 3.93. The zero-order valence-corrected chi connectivity index (χ0v) is 13.3. The van der Waals surface area contributed by atoms with Crippen LogP contribution in [0.1, 0.15) is 22.3 Å². The molecule has 12 heteroatoms. The first-order valence-corrected chi connectivity index (χ1v) is 7.37. The highest BCUT2D eigenvalue weighted by molar-refractivity contribution is 5.56. The van der Waals surface area contributed by atoms with E-state index in [2.05, 4.69) is 0 Å². The van der Waals surface area contributed by atoms with Crippen LogP contribution >= 0.6 is 0 Å². The van der Waals surface area contributed by atoms with Crippen LogP contribution in [0.2, 0.25) is 0 Å². The van der Waals surface area contributed by atoms with Gasteiger partial charge >= 0.3 is 23.7 Å². The number of nitro groups is 1. The number of benzene rings is 2. The highest BCUT2D eigenvalue weighted by atomic mass is 19.3. The van der Waals surface area contributed by atoms with Gasteiger partial charge in [0.25, 0.3) is 5.69 Å². The molecule has 0 fully saturated rings. The lowest BCUT2D eigenvalue weighted by molar-refractivity contribution is -0.388. The van der Waals surface area contributed by atoms with E-state index in [0.717, 1.165) is 0 Å². The Morgan fingerprint density at radius 1 is 0.714 bits per heavy atom. The number of nitrogens with zero attached hydrogens (tertiary/aromatic N) is 1. The van der Waals surface area contributed by atoms with E-state index < -0.39 is 62.2 Å². The monoisotopic (exact) mass is 412 g/mol. The summed E-state index contributed by atoms with van der Waals surface area (Å²) in [5.74, 6) is -20.6. The van der Waals surface area contributed by atoms with Crippen molar-refractivity contribution < 1.29 is 40.0 Å². The summed E-state index contributed by atoms with van der Waals surface area (Å²) in [5.41, 5.74) is -4.71. The van der Waals surface area contributed by atoms with Crippen molar-refractivity contribution in [3.8, 4) is 0 Å². The molecular formula is C16H8F8N2O2. The minimum atomic E-state index is -5.24. The van der Waals surface area contributed by atoms with Crippen molar-refractivity contribution in [2.24, 2.45) is 0 Å². The maximum Gasteiger partial charge on any atom is 0.346 e. The van der Waals surface area contributed by atoms with Gasteiger partial charge in [-0.2, -0.15) is 35.1 Å². The summed E-state index contributed by atoms with van der Waals surface area (Å²) in [6.07, 6.45) is 0. The van der Waals surface area contributed by atoms with Gasteiger partial charge in [0.15, 0.2) is 0 Å². The van der Waals surface area contributed by atoms with Crippen LogP contribution in [-0.2, 0) is 23.7 Å². The molecule has 2 aromatic rings. The summed E-state index contributed by atoms with van der Waals surface area (Å²) < 4.78 is 116. The Hall–Kier alpha value is -2.92. The summed E-state index contributed by atoms with van der Waals surface area (Å²) in [4.78, 5) is 9.42. The Labute approximate surface area is 150 Å². The zero-order chi connectivity index (χ0) is 21.3. The van der Waals surface area contributed by atoms with E-state index in [-0.39, 0.29) is 36.4 Å². The molecule has 6 rings (SSSR count). The predicted octanol–water partition coefficient (Wildman–Crippen LogP) is 5.26. The van der Waals surface area contributed by atoms with Crippen LogP contribution in [0.15, 0.2) is 36.4 Å². The molecular weight excluding hydrogens is 404 g/mol. The molecule has 2 aromatic carbocycles. The van der Waals surface area contributed by atoms with Crippen molar-refractivity contribution in [3.05, 3.63) is 68.8 Å². The van der Waals surface area contributed by atoms with Crippen LogP contribution in [0.25, 0.3) is 0 Å². The molecule has 4 bridgehead atoms. The van der Waals surface area contributed by atoms with Gasteiger partial charge in [-0.15, -0.1) is 0 Å². The van der Waals surface area contributed by atoms with Crippen LogP contribution in [0.5, 0.6) is 0 Å². The van der Waals surface area contributed by atoms with Crippen LogP contribution in [-0.4, -0.2) is 4.92 Å². The molecule has 4 aliphatic carbocycles. The molecule has 0 saturated heterocycles. The molecule has 2 N–H and O–H groups in total. The van der Waals surface area contributed by atoms with Crippen molar-refractivity contribution in [2.45, 2.75) is 23.7 Å². The van der Waals surface area contributed by atoms with Gasteiger partial charge in [0.1, 0.15) is 5.56 Å². The van der Waals surface area contributed by atoms with Crippen molar-refractivity contribution in [1.82, 2.24) is 0 Å². The van der Waals surface area contributed by atoms with Gasteiger partial charge in [0.2, 0.25) is 0 Å². The molecule has 28 heavy (non-hydrogen) atoms. The average molecular weight is 412 g/mol. The average Bonchev–Trinajstić information content (AvgIpc) is 2.59. The van der Waals surface area contributed by atoms with Gasteiger partial charge < -0.3 is 5.73 Å². The summed E-state index contributed by atoms with van der Waals surface area (Å²) in [6, 6.07) is -0.106. The Morgan fingerprint density at radius 2 is 1.14 bits per heavy atom. The van der Waals surface area contributed by atoms with Crippen LogP contribution in [0, 0.1) is 10.1 Å². The lowest BCUT2D eigenvalue weighted by Gasteiger charge is -2.32. The molecule has 0 saturated carbocycles. The standard InChI is InChI=1S/C16H8F8N2O2/c17-13(18)7-1-3-9(11(25)5-7)15(21,22)14(19,20)8-2-4-10(16(13,23)24)12(6-8)26(27)28/h1-6H,25H2. The summed E-state index contributed by atoms with van der Waals surface area (Å²) in [6.45, 7) is 0. The van der Waals surface area contributed by atoms with E-state index in [4.69, 9.17) is 5.73 Å². The first-order valence-electron chi connectivity index (χ1n) is 7.37. The van der Waals surface area contributed by atoms with Crippen LogP contribution in [0.3, 0.4) is 0 Å². The first kappa shape index (κ1) is 19.8. The predicted molar refractivity (Wildman–Crippen MR) is 79.5 cm³/mol. The molecule has 0 radical (unpaired) electrons. The maximum atomic E-state index is 14.5. The number of hydrogen-bond acceptors (Lipinski definition) is 3. The number of anilines is 1. The van der Waals surface area contributed by atoms with Crippen molar-refractivity contribution >= 4 is 11.4 Å². The quantitative estimate of drug-likeness (QED) is 0.301.